The lowest BCUT2D eigenvalue weighted by molar-refractivity contribution is -0.137. The molecule has 0 aliphatic carbocycles. The maximum atomic E-state index is 13.1. The van der Waals surface area contributed by atoms with Gasteiger partial charge in [-0.1, -0.05) is 0 Å². The molecule has 0 spiro atoms. The van der Waals surface area contributed by atoms with Crippen molar-refractivity contribution in [3.63, 3.8) is 0 Å². The third-order valence-electron chi connectivity index (χ3n) is 6.06. The Bertz CT molecular complexity index is 786. The van der Waals surface area contributed by atoms with E-state index in [0.29, 0.717) is 12.6 Å². The van der Waals surface area contributed by atoms with Crippen LogP contribution in [-0.4, -0.2) is 81.8 Å². The van der Waals surface area contributed by atoms with E-state index in [2.05, 4.69) is 31.9 Å². The second-order valence-corrected chi connectivity index (χ2v) is 7.95. The van der Waals surface area contributed by atoms with Crippen LogP contribution in [0.5, 0.6) is 0 Å². The number of anilines is 1. The Balaban J connectivity index is 1.43. The van der Waals surface area contributed by atoms with E-state index in [1.54, 1.807) is 17.2 Å². The number of likely N-dealkylation sites (tertiary alicyclic amines) is 1. The fourth-order valence-electron chi connectivity index (χ4n) is 4.28. The van der Waals surface area contributed by atoms with Gasteiger partial charge in [0.15, 0.2) is 5.82 Å². The van der Waals surface area contributed by atoms with Crippen molar-refractivity contribution < 1.29 is 4.79 Å². The lowest BCUT2D eigenvalue weighted by atomic mass is 9.94. The number of aromatic nitrogens is 4. The molecule has 28 heavy (non-hydrogen) atoms. The number of hydrogen-bond donors (Lipinski definition) is 0. The second-order valence-electron chi connectivity index (χ2n) is 7.95. The molecule has 1 unspecified atom stereocenters. The molecule has 2 aromatic rings. The van der Waals surface area contributed by atoms with E-state index in [9.17, 15) is 4.79 Å². The van der Waals surface area contributed by atoms with E-state index in [0.717, 1.165) is 57.0 Å². The van der Waals surface area contributed by atoms with Crippen molar-refractivity contribution in [2.24, 2.45) is 5.92 Å². The Hall–Kier alpha value is -2.48. The molecule has 0 bridgehead atoms. The molecule has 2 aliphatic heterocycles. The summed E-state index contributed by atoms with van der Waals surface area (Å²) in [5.41, 5.74) is 0. The van der Waals surface area contributed by atoms with E-state index >= 15 is 0 Å². The Morgan fingerprint density at radius 1 is 1.14 bits per heavy atom. The predicted octanol–water partition coefficient (Wildman–Crippen LogP) is 1.43. The van der Waals surface area contributed by atoms with Crippen molar-refractivity contribution in [2.45, 2.75) is 31.7 Å². The maximum Gasteiger partial charge on any atom is 0.227 e. The Morgan fingerprint density at radius 2 is 1.93 bits per heavy atom. The van der Waals surface area contributed by atoms with Crippen molar-refractivity contribution >= 4 is 11.7 Å². The molecule has 8 nitrogen and oxygen atoms in total. The zero-order chi connectivity index (χ0) is 19.5. The van der Waals surface area contributed by atoms with E-state index in [-0.39, 0.29) is 11.8 Å². The Kier molecular flexibility index (Phi) is 5.57. The average molecular weight is 384 g/mol. The van der Waals surface area contributed by atoms with Crippen molar-refractivity contribution in [2.75, 3.05) is 45.2 Å². The Labute approximate surface area is 166 Å². The summed E-state index contributed by atoms with van der Waals surface area (Å²) in [5.74, 6) is 1.91. The minimum Gasteiger partial charge on any atom is -0.356 e. The van der Waals surface area contributed by atoms with E-state index in [1.807, 2.05) is 30.3 Å². The topological polar surface area (TPSA) is 70.4 Å². The van der Waals surface area contributed by atoms with Crippen LogP contribution in [0.15, 0.2) is 30.9 Å². The van der Waals surface area contributed by atoms with Crippen LogP contribution in [-0.2, 0) is 4.79 Å². The summed E-state index contributed by atoms with van der Waals surface area (Å²) in [7, 11) is 4.13. The highest BCUT2D eigenvalue weighted by atomic mass is 16.2. The summed E-state index contributed by atoms with van der Waals surface area (Å²) in [6.07, 6.45) is 9.24. The summed E-state index contributed by atoms with van der Waals surface area (Å²) in [6, 6.07) is 4.18. The SMILES string of the molecule is CN1CCC(N(C)C(=O)C2CCCN(c3cc(-n4cccn4)ncn3)C2)CC1. The molecule has 2 aliphatic rings. The van der Waals surface area contributed by atoms with Crippen LogP contribution in [0.1, 0.15) is 25.7 Å². The number of hydrogen-bond acceptors (Lipinski definition) is 6. The molecule has 4 heterocycles. The zero-order valence-corrected chi connectivity index (χ0v) is 16.7. The molecular weight excluding hydrogens is 354 g/mol. The quantitative estimate of drug-likeness (QED) is 0.796. The number of nitrogens with zero attached hydrogens (tertiary/aromatic N) is 7. The van der Waals surface area contributed by atoms with Gasteiger partial charge in [-0.2, -0.15) is 5.10 Å². The number of carbonyl (C=O) groups is 1. The Morgan fingerprint density at radius 3 is 2.68 bits per heavy atom. The van der Waals surface area contributed by atoms with Crippen LogP contribution in [0.2, 0.25) is 0 Å². The molecule has 1 amide bonds. The van der Waals surface area contributed by atoms with Gasteiger partial charge in [-0.15, -0.1) is 0 Å². The summed E-state index contributed by atoms with van der Waals surface area (Å²) >= 11 is 0. The molecular formula is C20H29N7O. The monoisotopic (exact) mass is 383 g/mol. The summed E-state index contributed by atoms with van der Waals surface area (Å²) < 4.78 is 1.73. The third-order valence-corrected chi connectivity index (χ3v) is 6.06. The molecule has 0 radical (unpaired) electrons. The molecule has 8 heteroatoms. The van der Waals surface area contributed by atoms with Gasteiger partial charge in [0.1, 0.15) is 12.1 Å². The van der Waals surface area contributed by atoms with Crippen molar-refractivity contribution in [3.05, 3.63) is 30.9 Å². The zero-order valence-electron chi connectivity index (χ0n) is 16.7. The lowest BCUT2D eigenvalue weighted by Gasteiger charge is -2.39. The van der Waals surface area contributed by atoms with Gasteiger partial charge in [0.05, 0.1) is 5.92 Å². The summed E-state index contributed by atoms with van der Waals surface area (Å²) in [4.78, 5) is 28.5. The number of carbonyl (C=O) groups excluding carboxylic acids is 1. The van der Waals surface area contributed by atoms with Crippen LogP contribution in [0.4, 0.5) is 5.82 Å². The van der Waals surface area contributed by atoms with Crippen LogP contribution < -0.4 is 4.90 Å². The van der Waals surface area contributed by atoms with Crippen molar-refractivity contribution in [1.82, 2.24) is 29.5 Å². The highest BCUT2D eigenvalue weighted by Crippen LogP contribution is 2.25. The van der Waals surface area contributed by atoms with Gasteiger partial charge >= 0.3 is 0 Å². The van der Waals surface area contributed by atoms with Gasteiger partial charge in [0.2, 0.25) is 5.91 Å². The molecule has 1 atom stereocenters. The third kappa shape index (κ3) is 4.01. The van der Waals surface area contributed by atoms with Gasteiger partial charge < -0.3 is 14.7 Å². The molecule has 0 aromatic carbocycles. The lowest BCUT2D eigenvalue weighted by Crippen LogP contribution is -2.49. The standard InChI is InChI=1S/C20H29N7O/c1-24-11-6-17(7-12-24)25(2)20(28)16-5-3-9-26(14-16)18-13-19(22-15-21-18)27-10-4-8-23-27/h4,8,10,13,15-17H,3,5-7,9,11-12,14H2,1-2H3. The second kappa shape index (κ2) is 8.26. The van der Waals surface area contributed by atoms with Gasteiger partial charge in [-0.25, -0.2) is 14.6 Å². The molecule has 2 aromatic heterocycles. The fraction of sp³-hybridized carbons (Fsp3) is 0.600. The molecule has 150 valence electrons. The van der Waals surface area contributed by atoms with Gasteiger partial charge in [0.25, 0.3) is 0 Å². The highest BCUT2D eigenvalue weighted by molar-refractivity contribution is 5.79. The van der Waals surface area contributed by atoms with E-state index < -0.39 is 0 Å². The van der Waals surface area contributed by atoms with Crippen LogP contribution >= 0.6 is 0 Å². The average Bonchev–Trinajstić information content (AvgIpc) is 3.28. The summed E-state index contributed by atoms with van der Waals surface area (Å²) in [6.45, 7) is 3.76. The number of amides is 1. The molecule has 4 rings (SSSR count). The fourth-order valence-corrected chi connectivity index (χ4v) is 4.28. The normalized spacial score (nSPS) is 21.6. The molecule has 2 fully saturated rings. The largest absolute Gasteiger partial charge is 0.356 e. The first-order valence-electron chi connectivity index (χ1n) is 10.1. The molecule has 0 saturated carbocycles. The van der Waals surface area contributed by atoms with E-state index in [4.69, 9.17) is 0 Å². The van der Waals surface area contributed by atoms with Crippen LogP contribution in [0.25, 0.3) is 5.82 Å². The van der Waals surface area contributed by atoms with E-state index in [1.165, 1.54) is 0 Å². The van der Waals surface area contributed by atoms with Crippen LogP contribution in [0, 0.1) is 5.92 Å². The van der Waals surface area contributed by atoms with Gasteiger partial charge in [-0.3, -0.25) is 4.79 Å². The predicted molar refractivity (Wildman–Crippen MR) is 107 cm³/mol. The summed E-state index contributed by atoms with van der Waals surface area (Å²) in [5, 5.41) is 4.24. The molecule has 2 saturated heterocycles. The van der Waals surface area contributed by atoms with Crippen molar-refractivity contribution in [1.29, 1.82) is 0 Å². The first-order valence-corrected chi connectivity index (χ1v) is 10.1. The first-order chi connectivity index (χ1) is 13.6. The maximum absolute atomic E-state index is 13.1. The smallest absolute Gasteiger partial charge is 0.227 e. The van der Waals surface area contributed by atoms with Gasteiger partial charge in [0, 0.05) is 44.6 Å². The minimum absolute atomic E-state index is 0.0292. The van der Waals surface area contributed by atoms with Crippen LogP contribution in [0.3, 0.4) is 0 Å². The van der Waals surface area contributed by atoms with Crippen molar-refractivity contribution in [3.8, 4) is 5.82 Å². The number of rotatable bonds is 4. The minimum atomic E-state index is 0.0292. The number of piperidine rings is 2. The highest BCUT2D eigenvalue weighted by Gasteiger charge is 2.32. The molecule has 0 N–H and O–H groups in total. The first kappa shape index (κ1) is 18.9. The van der Waals surface area contributed by atoms with Gasteiger partial charge in [-0.05, 0) is 51.9 Å².